The number of hydrogen-bond acceptors (Lipinski definition) is 6. The van der Waals surface area contributed by atoms with Gasteiger partial charge in [-0.2, -0.15) is 18.3 Å². The van der Waals surface area contributed by atoms with Gasteiger partial charge < -0.3 is 5.32 Å². The van der Waals surface area contributed by atoms with Crippen molar-refractivity contribution >= 4 is 38.1 Å². The average molecular weight is 486 g/mol. The van der Waals surface area contributed by atoms with E-state index in [4.69, 9.17) is 0 Å². The molecule has 0 spiro atoms. The zero-order valence-electron chi connectivity index (χ0n) is 16.6. The molecular weight excluding hydrogens is 467 g/mol. The number of halogens is 3. The summed E-state index contributed by atoms with van der Waals surface area (Å²) in [6.07, 6.45) is -1.63. The SMILES string of the molecule is CC(C(=O)Nc1ccc(S(=O)(=O)Nc2nccs2)cc1)n1nc(C(F)(F)F)cc1C1CC1. The maximum Gasteiger partial charge on any atom is 0.435 e. The lowest BCUT2D eigenvalue weighted by Crippen LogP contribution is -2.26. The van der Waals surface area contributed by atoms with Gasteiger partial charge in [-0.25, -0.2) is 13.4 Å². The van der Waals surface area contributed by atoms with Gasteiger partial charge in [0.15, 0.2) is 10.8 Å². The Hall–Kier alpha value is -2.93. The molecule has 4 rings (SSSR count). The first-order chi connectivity index (χ1) is 15.0. The Morgan fingerprint density at radius 3 is 2.50 bits per heavy atom. The number of amides is 1. The molecular formula is C19H18F3N5O3S2. The molecule has 1 saturated carbocycles. The van der Waals surface area contributed by atoms with E-state index in [1.165, 1.54) is 37.4 Å². The van der Waals surface area contributed by atoms with Crippen LogP contribution in [0, 0.1) is 0 Å². The second-order valence-corrected chi connectivity index (χ2v) is 9.88. The fraction of sp³-hybridized carbons (Fsp3) is 0.316. The van der Waals surface area contributed by atoms with Crippen LogP contribution in [0.1, 0.15) is 43.1 Å². The van der Waals surface area contributed by atoms with Gasteiger partial charge in [0, 0.05) is 28.9 Å². The molecule has 0 radical (unpaired) electrons. The minimum Gasteiger partial charge on any atom is -0.324 e. The van der Waals surface area contributed by atoms with E-state index in [0.717, 1.165) is 34.9 Å². The number of alkyl halides is 3. The normalized spacial score (nSPS) is 15.4. The van der Waals surface area contributed by atoms with Gasteiger partial charge >= 0.3 is 6.18 Å². The van der Waals surface area contributed by atoms with Gasteiger partial charge in [-0.1, -0.05) is 0 Å². The van der Waals surface area contributed by atoms with Crippen LogP contribution < -0.4 is 10.0 Å². The van der Waals surface area contributed by atoms with Gasteiger partial charge in [0.25, 0.3) is 10.0 Å². The molecule has 1 aliphatic rings. The quantitative estimate of drug-likeness (QED) is 0.521. The third-order valence-corrected chi connectivity index (χ3v) is 7.06. The minimum absolute atomic E-state index is 0.0309. The lowest BCUT2D eigenvalue weighted by atomic mass is 10.2. The third kappa shape index (κ3) is 4.78. The highest BCUT2D eigenvalue weighted by molar-refractivity contribution is 7.93. The van der Waals surface area contributed by atoms with Gasteiger partial charge in [-0.15, -0.1) is 11.3 Å². The van der Waals surface area contributed by atoms with E-state index in [1.807, 2.05) is 0 Å². The van der Waals surface area contributed by atoms with Crippen LogP contribution in [-0.4, -0.2) is 29.1 Å². The molecule has 0 saturated heterocycles. The van der Waals surface area contributed by atoms with Crippen molar-refractivity contribution in [2.45, 2.75) is 42.8 Å². The number of sulfonamides is 1. The number of anilines is 2. The van der Waals surface area contributed by atoms with E-state index < -0.39 is 33.8 Å². The Morgan fingerprint density at radius 2 is 1.94 bits per heavy atom. The van der Waals surface area contributed by atoms with Crippen molar-refractivity contribution in [1.82, 2.24) is 14.8 Å². The maximum absolute atomic E-state index is 13.1. The van der Waals surface area contributed by atoms with Crippen LogP contribution in [0.5, 0.6) is 0 Å². The first kappa shape index (κ1) is 22.3. The second-order valence-electron chi connectivity index (χ2n) is 7.30. The molecule has 13 heteroatoms. The summed E-state index contributed by atoms with van der Waals surface area (Å²) < 4.78 is 67.5. The highest BCUT2D eigenvalue weighted by Gasteiger charge is 2.39. The van der Waals surface area contributed by atoms with Gasteiger partial charge in [0.05, 0.1) is 4.90 Å². The van der Waals surface area contributed by atoms with E-state index in [0.29, 0.717) is 11.4 Å². The Morgan fingerprint density at radius 1 is 1.25 bits per heavy atom. The van der Waals surface area contributed by atoms with Crippen LogP contribution >= 0.6 is 11.3 Å². The number of carbonyl (C=O) groups excluding carboxylic acids is 1. The zero-order chi connectivity index (χ0) is 23.1. The van der Waals surface area contributed by atoms with Gasteiger partial charge in [-0.05, 0) is 50.1 Å². The molecule has 2 heterocycles. The van der Waals surface area contributed by atoms with Crippen molar-refractivity contribution in [3.8, 4) is 0 Å². The standard InChI is InChI=1S/C19H18F3N5O3S2/c1-11(27-15(12-2-3-12)10-16(25-27)19(20,21)22)17(28)24-13-4-6-14(7-5-13)32(29,30)26-18-23-8-9-31-18/h4-12H,2-3H2,1H3,(H,23,26)(H,24,28). The van der Waals surface area contributed by atoms with Gasteiger partial charge in [0.1, 0.15) is 6.04 Å². The summed E-state index contributed by atoms with van der Waals surface area (Å²) in [6.45, 7) is 1.46. The molecule has 3 aromatic rings. The summed E-state index contributed by atoms with van der Waals surface area (Å²) in [5.74, 6) is -0.607. The fourth-order valence-corrected chi connectivity index (χ4v) is 4.85. The molecule has 1 amide bonds. The lowest BCUT2D eigenvalue weighted by molar-refractivity contribution is -0.141. The largest absolute Gasteiger partial charge is 0.435 e. The van der Waals surface area contributed by atoms with Gasteiger partial charge in [-0.3, -0.25) is 14.2 Å². The van der Waals surface area contributed by atoms with Crippen molar-refractivity contribution in [1.29, 1.82) is 0 Å². The topological polar surface area (TPSA) is 106 Å². The van der Waals surface area contributed by atoms with E-state index >= 15 is 0 Å². The number of nitrogens with one attached hydrogen (secondary N) is 2. The van der Waals surface area contributed by atoms with E-state index in [1.54, 1.807) is 5.38 Å². The average Bonchev–Trinajstić information content (AvgIpc) is 3.25. The van der Waals surface area contributed by atoms with Crippen LogP contribution in [0.25, 0.3) is 0 Å². The molecule has 1 atom stereocenters. The smallest absolute Gasteiger partial charge is 0.324 e. The predicted molar refractivity (Wildman–Crippen MR) is 112 cm³/mol. The van der Waals surface area contributed by atoms with Crippen LogP contribution in [0.2, 0.25) is 0 Å². The summed E-state index contributed by atoms with van der Waals surface area (Å²) in [5.41, 5.74) is -0.345. The number of benzene rings is 1. The monoisotopic (exact) mass is 485 g/mol. The predicted octanol–water partition coefficient (Wildman–Crippen LogP) is 4.24. The Labute approximate surface area is 185 Å². The molecule has 2 N–H and O–H groups in total. The molecule has 0 bridgehead atoms. The minimum atomic E-state index is -4.60. The van der Waals surface area contributed by atoms with Crippen LogP contribution in [0.4, 0.5) is 24.0 Å². The summed E-state index contributed by atoms with van der Waals surface area (Å²) in [7, 11) is -3.84. The summed E-state index contributed by atoms with van der Waals surface area (Å²) in [4.78, 5) is 16.5. The molecule has 170 valence electrons. The fourth-order valence-electron chi connectivity index (χ4n) is 3.06. The number of thiazole rings is 1. The van der Waals surface area contributed by atoms with Crippen LogP contribution in [0.15, 0.2) is 46.8 Å². The first-order valence-corrected chi connectivity index (χ1v) is 11.9. The summed E-state index contributed by atoms with van der Waals surface area (Å²) >= 11 is 1.13. The Balaban J connectivity index is 1.48. The van der Waals surface area contributed by atoms with Crippen LogP contribution in [-0.2, 0) is 21.0 Å². The Bertz CT molecular complexity index is 1220. The van der Waals surface area contributed by atoms with Crippen molar-refractivity contribution < 1.29 is 26.4 Å². The number of hydrogen-bond donors (Lipinski definition) is 2. The number of nitrogens with zero attached hydrogens (tertiary/aromatic N) is 3. The molecule has 32 heavy (non-hydrogen) atoms. The first-order valence-electron chi connectivity index (χ1n) is 9.54. The van der Waals surface area contributed by atoms with Crippen molar-refractivity contribution in [2.24, 2.45) is 0 Å². The molecule has 1 unspecified atom stereocenters. The number of carbonyl (C=O) groups is 1. The Kier molecular flexibility index (Phi) is 5.71. The van der Waals surface area contributed by atoms with Crippen molar-refractivity contribution in [3.63, 3.8) is 0 Å². The third-order valence-electron chi connectivity index (χ3n) is 4.88. The highest BCUT2D eigenvalue weighted by atomic mass is 32.2. The van der Waals surface area contributed by atoms with Crippen LogP contribution in [0.3, 0.4) is 0 Å². The summed E-state index contributed by atoms with van der Waals surface area (Å²) in [6, 6.07) is 5.41. The number of aromatic nitrogens is 3. The second kappa shape index (κ2) is 8.20. The maximum atomic E-state index is 13.1. The van der Waals surface area contributed by atoms with Gasteiger partial charge in [0.2, 0.25) is 5.91 Å². The molecule has 8 nitrogen and oxygen atoms in total. The lowest BCUT2D eigenvalue weighted by Gasteiger charge is -2.16. The molecule has 1 fully saturated rings. The molecule has 1 aliphatic carbocycles. The summed E-state index contributed by atoms with van der Waals surface area (Å²) in [5, 5.41) is 8.07. The zero-order valence-corrected chi connectivity index (χ0v) is 18.3. The van der Waals surface area contributed by atoms with Crippen molar-refractivity contribution in [3.05, 3.63) is 53.3 Å². The van der Waals surface area contributed by atoms with E-state index in [9.17, 15) is 26.4 Å². The van der Waals surface area contributed by atoms with E-state index in [-0.39, 0.29) is 15.9 Å². The highest BCUT2D eigenvalue weighted by Crippen LogP contribution is 2.43. The van der Waals surface area contributed by atoms with E-state index in [2.05, 4.69) is 20.1 Å². The van der Waals surface area contributed by atoms with Crippen molar-refractivity contribution in [2.75, 3.05) is 10.0 Å². The molecule has 2 aromatic heterocycles. The number of rotatable bonds is 7. The molecule has 1 aromatic carbocycles. The molecule has 0 aliphatic heterocycles.